The number of hydrogen-bond acceptors (Lipinski definition) is 1. The zero-order valence-corrected chi connectivity index (χ0v) is 12.0. The lowest BCUT2D eigenvalue weighted by Gasteiger charge is -2.30. The molecule has 1 heterocycles. The molecule has 2 aromatic carbocycles. The van der Waals surface area contributed by atoms with Gasteiger partial charge >= 0.3 is 0 Å². The summed E-state index contributed by atoms with van der Waals surface area (Å²) in [5, 5.41) is 2.98. The number of aryl methyl sites for hydroxylation is 1. The quantitative estimate of drug-likeness (QED) is 0.897. The minimum atomic E-state index is -0.273. The van der Waals surface area contributed by atoms with Gasteiger partial charge in [0.15, 0.2) is 0 Å². The van der Waals surface area contributed by atoms with E-state index in [1.165, 1.54) is 23.3 Å². The highest BCUT2D eigenvalue weighted by Crippen LogP contribution is 2.33. The first-order chi connectivity index (χ1) is 10.1. The molecule has 0 spiro atoms. The number of amides is 1. The lowest BCUT2D eigenvalue weighted by molar-refractivity contribution is -0.124. The highest BCUT2D eigenvalue weighted by Gasteiger charge is 2.30. The van der Waals surface area contributed by atoms with Crippen LogP contribution in [0.15, 0.2) is 48.5 Å². The Morgan fingerprint density at radius 2 is 1.86 bits per heavy atom. The average Bonchev–Trinajstić information content (AvgIpc) is 2.49. The van der Waals surface area contributed by atoms with Crippen LogP contribution in [0.4, 0.5) is 4.39 Å². The van der Waals surface area contributed by atoms with Gasteiger partial charge in [-0.2, -0.15) is 0 Å². The zero-order valence-electron chi connectivity index (χ0n) is 12.0. The van der Waals surface area contributed by atoms with Crippen LogP contribution >= 0.6 is 0 Å². The third-order valence-electron chi connectivity index (χ3n) is 4.15. The molecule has 3 heteroatoms. The van der Waals surface area contributed by atoms with E-state index in [2.05, 4.69) is 30.4 Å². The predicted octanol–water partition coefficient (Wildman–Crippen LogP) is 3.52. The summed E-state index contributed by atoms with van der Waals surface area (Å²) in [6.07, 6.45) is 0.765. The maximum absolute atomic E-state index is 13.0. The van der Waals surface area contributed by atoms with Gasteiger partial charge in [0.05, 0.1) is 5.92 Å². The summed E-state index contributed by atoms with van der Waals surface area (Å²) < 4.78 is 13.0. The first-order valence-corrected chi connectivity index (χ1v) is 7.23. The van der Waals surface area contributed by atoms with Gasteiger partial charge in [-0.3, -0.25) is 4.79 Å². The van der Waals surface area contributed by atoms with E-state index in [4.69, 9.17) is 0 Å². The highest BCUT2D eigenvalue weighted by atomic mass is 19.1. The van der Waals surface area contributed by atoms with Crippen LogP contribution in [0.3, 0.4) is 0 Å². The van der Waals surface area contributed by atoms with Crippen molar-refractivity contribution in [3.63, 3.8) is 0 Å². The smallest absolute Gasteiger partial charge is 0.227 e. The van der Waals surface area contributed by atoms with Crippen molar-refractivity contribution >= 4 is 5.91 Å². The van der Waals surface area contributed by atoms with Crippen molar-refractivity contribution in [2.45, 2.75) is 25.2 Å². The van der Waals surface area contributed by atoms with Crippen molar-refractivity contribution in [2.24, 2.45) is 0 Å². The number of piperidine rings is 1. The van der Waals surface area contributed by atoms with Crippen LogP contribution in [0.25, 0.3) is 0 Å². The molecule has 1 fully saturated rings. The molecule has 108 valence electrons. The lowest BCUT2D eigenvalue weighted by atomic mass is 9.81. The number of benzene rings is 2. The molecule has 0 saturated carbocycles. The molecular weight excluding hydrogens is 265 g/mol. The maximum Gasteiger partial charge on any atom is 0.227 e. The van der Waals surface area contributed by atoms with E-state index in [1.54, 1.807) is 12.1 Å². The fourth-order valence-electron chi connectivity index (χ4n) is 2.98. The Hall–Kier alpha value is -2.16. The van der Waals surface area contributed by atoms with E-state index in [0.717, 1.165) is 12.0 Å². The van der Waals surface area contributed by atoms with E-state index >= 15 is 0 Å². The van der Waals surface area contributed by atoms with Crippen LogP contribution < -0.4 is 5.32 Å². The molecule has 2 atom stereocenters. The second-order valence-electron chi connectivity index (χ2n) is 5.70. The summed E-state index contributed by atoms with van der Waals surface area (Å²) in [6.45, 7) is 2.74. The monoisotopic (exact) mass is 283 g/mol. The Morgan fingerprint density at radius 3 is 2.57 bits per heavy atom. The van der Waals surface area contributed by atoms with E-state index in [-0.39, 0.29) is 17.6 Å². The molecule has 1 amide bonds. The molecule has 21 heavy (non-hydrogen) atoms. The molecule has 0 aromatic heterocycles. The van der Waals surface area contributed by atoms with Crippen molar-refractivity contribution in [1.29, 1.82) is 0 Å². The van der Waals surface area contributed by atoms with Crippen molar-refractivity contribution in [1.82, 2.24) is 5.32 Å². The molecular formula is C18H18FNO. The summed E-state index contributed by atoms with van der Waals surface area (Å²) >= 11 is 0. The molecule has 1 aliphatic heterocycles. The topological polar surface area (TPSA) is 29.1 Å². The summed E-state index contributed by atoms with van der Waals surface area (Å²) in [7, 11) is 0. The normalized spacial score (nSPS) is 21.9. The molecule has 1 saturated heterocycles. The molecule has 2 unspecified atom stereocenters. The summed E-state index contributed by atoms with van der Waals surface area (Å²) in [5.74, 6) is -0.141. The third kappa shape index (κ3) is 2.97. The van der Waals surface area contributed by atoms with Crippen molar-refractivity contribution < 1.29 is 9.18 Å². The van der Waals surface area contributed by atoms with Gasteiger partial charge in [-0.15, -0.1) is 0 Å². The molecule has 1 aliphatic rings. The lowest BCUT2D eigenvalue weighted by Crippen LogP contribution is -2.39. The van der Waals surface area contributed by atoms with E-state index in [0.29, 0.717) is 12.5 Å². The van der Waals surface area contributed by atoms with E-state index in [9.17, 15) is 9.18 Å². The predicted molar refractivity (Wildman–Crippen MR) is 80.7 cm³/mol. The van der Waals surface area contributed by atoms with Gasteiger partial charge in [-0.25, -0.2) is 4.39 Å². The zero-order chi connectivity index (χ0) is 14.8. The van der Waals surface area contributed by atoms with Crippen LogP contribution in [0, 0.1) is 12.7 Å². The number of halogens is 1. The van der Waals surface area contributed by atoms with Crippen LogP contribution in [-0.2, 0) is 4.79 Å². The second kappa shape index (κ2) is 5.68. The number of carbonyl (C=O) groups is 1. The Balaban J connectivity index is 1.84. The minimum Gasteiger partial charge on any atom is -0.355 e. The molecule has 0 bridgehead atoms. The Labute approximate surface area is 124 Å². The number of hydrogen-bond donors (Lipinski definition) is 1. The third-order valence-corrected chi connectivity index (χ3v) is 4.15. The van der Waals surface area contributed by atoms with Gasteiger partial charge in [0, 0.05) is 12.5 Å². The fraction of sp³-hybridized carbons (Fsp3) is 0.278. The first kappa shape index (κ1) is 13.8. The van der Waals surface area contributed by atoms with Gasteiger partial charge < -0.3 is 5.32 Å². The van der Waals surface area contributed by atoms with Crippen LogP contribution in [0.1, 0.15) is 34.9 Å². The standard InChI is InChI=1S/C18H18FNO/c1-12-3-2-4-14(9-12)15-10-17(18(21)20-11-15)13-5-7-16(19)8-6-13/h2-9,15,17H,10-11H2,1H3,(H,20,21). The summed E-state index contributed by atoms with van der Waals surface area (Å²) in [4.78, 5) is 12.1. The fourth-order valence-corrected chi connectivity index (χ4v) is 2.98. The minimum absolute atomic E-state index is 0.0329. The maximum atomic E-state index is 13.0. The average molecular weight is 283 g/mol. The van der Waals surface area contributed by atoms with Crippen LogP contribution in [-0.4, -0.2) is 12.5 Å². The van der Waals surface area contributed by atoms with Gasteiger partial charge in [0.25, 0.3) is 0 Å². The van der Waals surface area contributed by atoms with E-state index < -0.39 is 0 Å². The van der Waals surface area contributed by atoms with Gasteiger partial charge in [-0.05, 0) is 36.6 Å². The van der Waals surface area contributed by atoms with Crippen molar-refractivity contribution in [3.05, 3.63) is 71.0 Å². The SMILES string of the molecule is Cc1cccc(C2CNC(=O)C(c3ccc(F)cc3)C2)c1. The largest absolute Gasteiger partial charge is 0.355 e. The Kier molecular flexibility index (Phi) is 3.74. The molecule has 0 radical (unpaired) electrons. The van der Waals surface area contributed by atoms with Gasteiger partial charge in [-0.1, -0.05) is 42.0 Å². The molecule has 0 aliphatic carbocycles. The Bertz CT molecular complexity index is 651. The first-order valence-electron chi connectivity index (χ1n) is 7.23. The van der Waals surface area contributed by atoms with Crippen molar-refractivity contribution in [2.75, 3.05) is 6.54 Å². The number of rotatable bonds is 2. The number of carbonyl (C=O) groups excluding carboxylic acids is 1. The molecule has 2 aromatic rings. The van der Waals surface area contributed by atoms with E-state index in [1.807, 2.05) is 6.07 Å². The second-order valence-corrected chi connectivity index (χ2v) is 5.70. The molecule has 2 nitrogen and oxygen atoms in total. The Morgan fingerprint density at radius 1 is 1.10 bits per heavy atom. The van der Waals surface area contributed by atoms with Crippen LogP contribution in [0.5, 0.6) is 0 Å². The summed E-state index contributed by atoms with van der Waals surface area (Å²) in [6, 6.07) is 14.6. The van der Waals surface area contributed by atoms with Crippen molar-refractivity contribution in [3.8, 4) is 0 Å². The van der Waals surface area contributed by atoms with Gasteiger partial charge in [0.2, 0.25) is 5.91 Å². The summed E-state index contributed by atoms with van der Waals surface area (Å²) in [5.41, 5.74) is 3.36. The van der Waals surface area contributed by atoms with Gasteiger partial charge in [0.1, 0.15) is 5.82 Å². The molecule has 3 rings (SSSR count). The highest BCUT2D eigenvalue weighted by molar-refractivity contribution is 5.84. The van der Waals surface area contributed by atoms with Crippen LogP contribution in [0.2, 0.25) is 0 Å². The number of nitrogens with one attached hydrogen (secondary N) is 1. The molecule has 1 N–H and O–H groups in total.